The number of hydrogen-bond donors (Lipinski definition) is 2. The molecule has 0 aliphatic heterocycles. The topological polar surface area (TPSA) is 106 Å². The molecule has 0 fully saturated rings. The monoisotopic (exact) mass is 496 g/mol. The van der Waals surface area contributed by atoms with Crippen LogP contribution in [0.4, 0.5) is 13.2 Å². The zero-order chi connectivity index (χ0) is 25.3. The van der Waals surface area contributed by atoms with E-state index in [0.29, 0.717) is 10.6 Å². The molecule has 8 nitrogen and oxygen atoms in total. The molecule has 1 aromatic heterocycles. The van der Waals surface area contributed by atoms with Crippen LogP contribution in [0.1, 0.15) is 25.0 Å². The number of aromatic nitrogens is 3. The van der Waals surface area contributed by atoms with Gasteiger partial charge in [0.25, 0.3) is 0 Å². The number of carboxylic acid groups (broad SMARTS) is 1. The molecule has 180 valence electrons. The standard InChI is InChI=1S/C22H20ClF3N4O4/c1-21(2,14-4-3-5-15(10-14)22(24,25)26)27-17(31)11-30-20(34)29(12-18(32)33)19(28-30)13-6-8-16(23)9-7-13/h3-10H,11-12H2,1-2H3,(H,27,31)(H,32,33). The molecule has 0 atom stereocenters. The number of amides is 1. The summed E-state index contributed by atoms with van der Waals surface area (Å²) in [5.41, 5.74) is -2.28. The number of alkyl halides is 3. The molecule has 0 saturated heterocycles. The Hall–Kier alpha value is -3.60. The summed E-state index contributed by atoms with van der Waals surface area (Å²) in [6.07, 6.45) is -4.54. The molecule has 12 heteroatoms. The van der Waals surface area contributed by atoms with Gasteiger partial charge in [-0.25, -0.2) is 9.48 Å². The second kappa shape index (κ2) is 9.34. The molecule has 0 aliphatic rings. The lowest BCUT2D eigenvalue weighted by molar-refractivity contribution is -0.138. The van der Waals surface area contributed by atoms with E-state index < -0.39 is 47.9 Å². The normalized spacial score (nSPS) is 11.9. The van der Waals surface area contributed by atoms with Gasteiger partial charge in [-0.3, -0.25) is 14.2 Å². The molecule has 2 N–H and O–H groups in total. The highest BCUT2D eigenvalue weighted by atomic mass is 35.5. The van der Waals surface area contributed by atoms with Crippen molar-refractivity contribution in [3.63, 3.8) is 0 Å². The first-order chi connectivity index (χ1) is 15.8. The minimum Gasteiger partial charge on any atom is -0.480 e. The van der Waals surface area contributed by atoms with E-state index in [2.05, 4.69) is 10.4 Å². The van der Waals surface area contributed by atoms with Gasteiger partial charge in [0.05, 0.1) is 11.1 Å². The number of nitrogens with one attached hydrogen (secondary N) is 1. The van der Waals surface area contributed by atoms with Gasteiger partial charge in [0.15, 0.2) is 5.82 Å². The van der Waals surface area contributed by atoms with Crippen molar-refractivity contribution in [3.8, 4) is 11.4 Å². The average molecular weight is 497 g/mol. The van der Waals surface area contributed by atoms with Crippen molar-refractivity contribution in [2.24, 2.45) is 0 Å². The summed E-state index contributed by atoms with van der Waals surface area (Å²) in [5, 5.41) is 16.3. The molecule has 2 aromatic carbocycles. The summed E-state index contributed by atoms with van der Waals surface area (Å²) >= 11 is 5.87. The first-order valence-corrected chi connectivity index (χ1v) is 10.3. The lowest BCUT2D eigenvalue weighted by Gasteiger charge is -2.27. The van der Waals surface area contributed by atoms with Crippen LogP contribution in [-0.2, 0) is 34.4 Å². The molecule has 34 heavy (non-hydrogen) atoms. The third-order valence-electron chi connectivity index (χ3n) is 4.98. The van der Waals surface area contributed by atoms with E-state index in [1.165, 1.54) is 38.1 Å². The summed E-state index contributed by atoms with van der Waals surface area (Å²) < 4.78 is 40.9. The molecule has 3 rings (SSSR count). The number of carbonyl (C=O) groups is 2. The van der Waals surface area contributed by atoms with Crippen LogP contribution in [0.3, 0.4) is 0 Å². The van der Waals surface area contributed by atoms with E-state index in [9.17, 15) is 32.7 Å². The predicted molar refractivity (Wildman–Crippen MR) is 117 cm³/mol. The minimum atomic E-state index is -4.54. The van der Waals surface area contributed by atoms with E-state index >= 15 is 0 Å². The Morgan fingerprint density at radius 2 is 1.68 bits per heavy atom. The van der Waals surface area contributed by atoms with Gasteiger partial charge in [0, 0.05) is 10.6 Å². The maximum Gasteiger partial charge on any atom is 0.416 e. The molecule has 0 radical (unpaired) electrons. The van der Waals surface area contributed by atoms with Gasteiger partial charge in [-0.15, -0.1) is 5.10 Å². The van der Waals surface area contributed by atoms with Gasteiger partial charge in [-0.2, -0.15) is 13.2 Å². The van der Waals surface area contributed by atoms with Gasteiger partial charge in [0.2, 0.25) is 5.91 Å². The Morgan fingerprint density at radius 3 is 2.26 bits per heavy atom. The zero-order valence-corrected chi connectivity index (χ0v) is 18.8. The molecule has 1 heterocycles. The summed E-state index contributed by atoms with van der Waals surface area (Å²) in [4.78, 5) is 36.7. The number of carbonyl (C=O) groups excluding carboxylic acids is 1. The smallest absolute Gasteiger partial charge is 0.416 e. The fraction of sp³-hybridized carbons (Fsp3) is 0.273. The highest BCUT2D eigenvalue weighted by Gasteiger charge is 2.32. The molecular formula is C22H20ClF3N4O4. The zero-order valence-electron chi connectivity index (χ0n) is 18.1. The van der Waals surface area contributed by atoms with Gasteiger partial charge in [-0.05, 0) is 55.8 Å². The highest BCUT2D eigenvalue weighted by Crippen LogP contribution is 2.32. The lowest BCUT2D eigenvalue weighted by Crippen LogP contribution is -2.44. The van der Waals surface area contributed by atoms with Crippen LogP contribution in [0.2, 0.25) is 5.02 Å². The van der Waals surface area contributed by atoms with Crippen molar-refractivity contribution in [2.45, 2.75) is 38.7 Å². The van der Waals surface area contributed by atoms with E-state index in [1.807, 2.05) is 0 Å². The molecule has 3 aromatic rings. The van der Waals surface area contributed by atoms with Gasteiger partial charge in [-0.1, -0.05) is 23.7 Å². The van der Waals surface area contributed by atoms with Gasteiger partial charge < -0.3 is 10.4 Å². The highest BCUT2D eigenvalue weighted by molar-refractivity contribution is 6.30. The Morgan fingerprint density at radius 1 is 1.06 bits per heavy atom. The van der Waals surface area contributed by atoms with Gasteiger partial charge >= 0.3 is 17.8 Å². The summed E-state index contributed by atoms with van der Waals surface area (Å²) in [7, 11) is 0. The van der Waals surface area contributed by atoms with Crippen molar-refractivity contribution in [1.29, 1.82) is 0 Å². The predicted octanol–water partition coefficient (Wildman–Crippen LogP) is 3.52. The third kappa shape index (κ3) is 5.66. The largest absolute Gasteiger partial charge is 0.480 e. The number of nitrogens with zero attached hydrogens (tertiary/aromatic N) is 3. The Balaban J connectivity index is 1.88. The van der Waals surface area contributed by atoms with Crippen molar-refractivity contribution < 1.29 is 27.9 Å². The summed E-state index contributed by atoms with van der Waals surface area (Å²) in [5.74, 6) is -1.96. The molecule has 0 aliphatic carbocycles. The summed E-state index contributed by atoms with van der Waals surface area (Å²) in [6, 6.07) is 10.7. The number of aliphatic carboxylic acids is 1. The van der Waals surface area contributed by atoms with Crippen molar-refractivity contribution in [2.75, 3.05) is 0 Å². The quantitative estimate of drug-likeness (QED) is 0.520. The number of benzene rings is 2. The van der Waals surface area contributed by atoms with Crippen LogP contribution in [-0.4, -0.2) is 31.3 Å². The van der Waals surface area contributed by atoms with Crippen LogP contribution in [0.5, 0.6) is 0 Å². The SMILES string of the molecule is CC(C)(NC(=O)Cn1nc(-c2ccc(Cl)cc2)n(CC(=O)O)c1=O)c1cccc(C(F)(F)F)c1. The maximum atomic E-state index is 13.1. The molecule has 0 bridgehead atoms. The Labute approximate surface area is 196 Å². The first kappa shape index (κ1) is 25.0. The van der Waals surface area contributed by atoms with E-state index in [-0.39, 0.29) is 11.4 Å². The maximum absolute atomic E-state index is 13.1. The molecule has 0 spiro atoms. The average Bonchev–Trinajstić information content (AvgIpc) is 3.02. The van der Waals surface area contributed by atoms with E-state index in [0.717, 1.165) is 21.4 Å². The fourth-order valence-electron chi connectivity index (χ4n) is 3.31. The molecule has 1 amide bonds. The molecule has 0 unspecified atom stereocenters. The lowest BCUT2D eigenvalue weighted by atomic mass is 9.92. The third-order valence-corrected chi connectivity index (χ3v) is 5.23. The van der Waals surface area contributed by atoms with E-state index in [4.69, 9.17) is 11.6 Å². The fourth-order valence-corrected chi connectivity index (χ4v) is 3.44. The van der Waals surface area contributed by atoms with Crippen LogP contribution in [0.15, 0.2) is 53.3 Å². The number of carboxylic acids is 1. The Bertz CT molecular complexity index is 1280. The van der Waals surface area contributed by atoms with Crippen molar-refractivity contribution in [3.05, 3.63) is 75.2 Å². The molecular weight excluding hydrogens is 477 g/mol. The van der Waals surface area contributed by atoms with Crippen LogP contribution in [0, 0.1) is 0 Å². The van der Waals surface area contributed by atoms with Crippen LogP contribution >= 0.6 is 11.6 Å². The van der Waals surface area contributed by atoms with Gasteiger partial charge in [0.1, 0.15) is 13.1 Å². The second-order valence-electron chi connectivity index (χ2n) is 8.00. The molecule has 0 saturated carbocycles. The minimum absolute atomic E-state index is 0.0222. The first-order valence-electron chi connectivity index (χ1n) is 9.92. The second-order valence-corrected chi connectivity index (χ2v) is 8.44. The number of hydrogen-bond acceptors (Lipinski definition) is 4. The van der Waals surface area contributed by atoms with Crippen molar-refractivity contribution >= 4 is 23.5 Å². The number of rotatable bonds is 7. The van der Waals surface area contributed by atoms with Crippen LogP contribution < -0.4 is 11.0 Å². The van der Waals surface area contributed by atoms with Crippen LogP contribution in [0.25, 0.3) is 11.4 Å². The Kier molecular flexibility index (Phi) is 6.87. The van der Waals surface area contributed by atoms with E-state index in [1.54, 1.807) is 12.1 Å². The van der Waals surface area contributed by atoms with Crippen molar-refractivity contribution in [1.82, 2.24) is 19.7 Å². The number of halogens is 4. The summed E-state index contributed by atoms with van der Waals surface area (Å²) in [6.45, 7) is 1.78.